The van der Waals surface area contributed by atoms with Crippen LogP contribution < -0.4 is 15.6 Å². The Morgan fingerprint density at radius 2 is 0.694 bits per heavy atom. The Balaban J connectivity index is 0. The largest absolute Gasteiger partial charge is 0.421 e. The summed E-state index contributed by atoms with van der Waals surface area (Å²) < 4.78 is 0. The molecule has 0 saturated carbocycles. The van der Waals surface area contributed by atoms with Crippen LogP contribution in [0.3, 0.4) is 0 Å². The van der Waals surface area contributed by atoms with Gasteiger partial charge >= 0.3 is 0 Å². The zero-order valence-corrected chi connectivity index (χ0v) is 24.9. The van der Waals surface area contributed by atoms with Crippen LogP contribution in [-0.4, -0.2) is 48.3 Å². The van der Waals surface area contributed by atoms with E-state index in [2.05, 4.69) is 20.8 Å². The summed E-state index contributed by atoms with van der Waals surface area (Å²) in [5.74, 6) is 0. The second kappa shape index (κ2) is 25.1. The van der Waals surface area contributed by atoms with E-state index in [4.69, 9.17) is 15.3 Å². The summed E-state index contributed by atoms with van der Waals surface area (Å²) in [6.07, 6.45) is 6.11. The molecule has 0 amide bonds. The molecule has 3 aromatic carbocycles. The van der Waals surface area contributed by atoms with Gasteiger partial charge in [0.15, 0.2) is 0 Å². The number of aliphatic hydroxyl groups is 3. The molecular formula is C30H46O4SiTi. The summed E-state index contributed by atoms with van der Waals surface area (Å²) in [5.41, 5.74) is 0. The van der Waals surface area contributed by atoms with Gasteiger partial charge in [0.1, 0.15) is 0 Å². The zero-order valence-electron chi connectivity index (χ0n) is 22.3. The number of aliphatic hydroxyl groups excluding tert-OH is 3. The van der Waals surface area contributed by atoms with Crippen molar-refractivity contribution in [3.8, 4) is 0 Å². The Labute approximate surface area is 235 Å². The van der Waals surface area contributed by atoms with Gasteiger partial charge in [0.05, 0.1) is 0 Å². The van der Waals surface area contributed by atoms with Crippen molar-refractivity contribution in [3.05, 3.63) is 91.0 Å². The van der Waals surface area contributed by atoms with Crippen molar-refractivity contribution in [2.45, 2.75) is 59.3 Å². The first kappa shape index (κ1) is 36.6. The van der Waals surface area contributed by atoms with E-state index in [1.807, 2.05) is 91.0 Å². The molecule has 0 atom stereocenters. The van der Waals surface area contributed by atoms with Gasteiger partial charge in [-0.1, -0.05) is 131 Å². The first-order valence-corrected chi connectivity index (χ1v) is 14.7. The van der Waals surface area contributed by atoms with Crippen molar-refractivity contribution < 1.29 is 41.8 Å². The van der Waals surface area contributed by atoms with E-state index in [9.17, 15) is 4.80 Å². The van der Waals surface area contributed by atoms with Crippen LogP contribution in [0.4, 0.5) is 0 Å². The topological polar surface area (TPSA) is 80.9 Å². The molecule has 0 aliphatic carbocycles. The van der Waals surface area contributed by atoms with E-state index < -0.39 is 8.32 Å². The number of rotatable bonds is 9. The summed E-state index contributed by atoms with van der Waals surface area (Å²) in [4.78, 5) is 11.6. The smallest absolute Gasteiger partial charge is 0.285 e. The van der Waals surface area contributed by atoms with Gasteiger partial charge in [-0.15, -0.1) is 0 Å². The van der Waals surface area contributed by atoms with Crippen molar-refractivity contribution in [1.29, 1.82) is 0 Å². The summed E-state index contributed by atoms with van der Waals surface area (Å²) >= 11 is 0. The van der Waals surface area contributed by atoms with Crippen LogP contribution in [0.15, 0.2) is 91.0 Å². The van der Waals surface area contributed by atoms with Gasteiger partial charge in [-0.2, -0.15) is 0 Å². The first-order chi connectivity index (χ1) is 17.1. The molecule has 6 heteroatoms. The number of hydrogen-bond donors (Lipinski definition) is 4. The van der Waals surface area contributed by atoms with Crippen molar-refractivity contribution in [1.82, 2.24) is 0 Å². The van der Waals surface area contributed by atoms with Crippen LogP contribution in [0.25, 0.3) is 0 Å². The van der Waals surface area contributed by atoms with Crippen LogP contribution in [-0.2, 0) is 21.7 Å². The van der Waals surface area contributed by atoms with Crippen molar-refractivity contribution in [2.75, 3.05) is 19.8 Å². The van der Waals surface area contributed by atoms with Gasteiger partial charge in [0.25, 0.3) is 8.32 Å². The monoisotopic (exact) mass is 546 g/mol. The maximum absolute atomic E-state index is 11.6. The molecule has 0 heterocycles. The maximum atomic E-state index is 11.6. The molecule has 0 bridgehead atoms. The molecule has 0 spiro atoms. The second-order valence-corrected chi connectivity index (χ2v) is 11.2. The fraction of sp³-hybridized carbons (Fsp3) is 0.400. The van der Waals surface area contributed by atoms with Crippen molar-refractivity contribution in [3.63, 3.8) is 0 Å². The molecule has 0 aromatic heterocycles. The van der Waals surface area contributed by atoms with Gasteiger partial charge in [0.2, 0.25) is 0 Å². The molecule has 4 N–H and O–H groups in total. The van der Waals surface area contributed by atoms with Gasteiger partial charge in [-0.3, -0.25) is 0 Å². The van der Waals surface area contributed by atoms with Gasteiger partial charge in [-0.25, -0.2) is 0 Å². The summed E-state index contributed by atoms with van der Waals surface area (Å²) in [6, 6.07) is 30.0. The molecular weight excluding hydrogens is 500 g/mol. The van der Waals surface area contributed by atoms with Crippen LogP contribution in [0.5, 0.6) is 0 Å². The summed E-state index contributed by atoms with van der Waals surface area (Å²) in [5, 5.41) is 27.2. The van der Waals surface area contributed by atoms with E-state index in [0.717, 1.165) is 54.1 Å². The molecule has 3 aromatic rings. The summed E-state index contributed by atoms with van der Waals surface area (Å²) in [7, 11) is -2.88. The van der Waals surface area contributed by atoms with Crippen LogP contribution in [0.2, 0.25) is 0 Å². The third kappa shape index (κ3) is 14.9. The minimum absolute atomic E-state index is 0. The quantitative estimate of drug-likeness (QED) is 0.242. The molecule has 4 nitrogen and oxygen atoms in total. The number of hydrogen-bond acceptors (Lipinski definition) is 4. The minimum atomic E-state index is -2.88. The number of unbranched alkanes of at least 4 members (excludes halogenated alkanes) is 3. The standard InChI is InChI=1S/C18H16OSi.3C4H10O.Ti/c19-20(16-10-4-1-5-11-16,17-12-6-2-7-13-17)18-14-8-3-9-15-18;3*1-2-3-4-5;/h1-15,19H;3*5H,2-4H2,1H3;. The average Bonchev–Trinajstić information content (AvgIpc) is 2.92. The maximum Gasteiger partial charge on any atom is 0.285 e. The SMILES string of the molecule is CCCCO.CCCCO.CCCCO.O[Si](c1ccccc1)(c1ccccc1)c1ccccc1.[Ti]. The molecule has 3 rings (SSSR count). The van der Waals surface area contributed by atoms with Crippen LogP contribution in [0, 0.1) is 0 Å². The molecule has 0 aliphatic heterocycles. The van der Waals surface area contributed by atoms with E-state index >= 15 is 0 Å². The molecule has 0 unspecified atom stereocenters. The molecule has 0 radical (unpaired) electrons. The minimum Gasteiger partial charge on any atom is -0.421 e. The predicted octanol–water partition coefficient (Wildman–Crippen LogP) is 3.98. The van der Waals surface area contributed by atoms with Crippen LogP contribution in [0.1, 0.15) is 59.3 Å². The Bertz CT molecular complexity index is 703. The third-order valence-corrected chi connectivity index (χ3v) is 8.62. The normalized spacial score (nSPS) is 9.75. The molecule has 0 aliphatic rings. The molecule has 0 saturated heterocycles. The molecule has 36 heavy (non-hydrogen) atoms. The Hall–Kier alpha value is -1.57. The predicted molar refractivity (Wildman–Crippen MR) is 152 cm³/mol. The van der Waals surface area contributed by atoms with E-state index in [0.29, 0.717) is 19.8 Å². The van der Waals surface area contributed by atoms with Gasteiger partial charge in [0, 0.05) is 41.5 Å². The van der Waals surface area contributed by atoms with E-state index in [1.54, 1.807) is 0 Å². The van der Waals surface area contributed by atoms with E-state index in [1.165, 1.54) is 0 Å². The Kier molecular flexibility index (Phi) is 25.5. The van der Waals surface area contributed by atoms with Gasteiger partial charge in [-0.05, 0) is 34.8 Å². The van der Waals surface area contributed by atoms with Crippen molar-refractivity contribution in [2.24, 2.45) is 0 Å². The van der Waals surface area contributed by atoms with E-state index in [-0.39, 0.29) is 21.7 Å². The van der Waals surface area contributed by atoms with Gasteiger partial charge < -0.3 is 20.1 Å². The molecule has 198 valence electrons. The first-order valence-electron chi connectivity index (χ1n) is 12.8. The fourth-order valence-electron chi connectivity index (χ4n) is 3.01. The van der Waals surface area contributed by atoms with Crippen LogP contribution >= 0.6 is 0 Å². The van der Waals surface area contributed by atoms with Crippen molar-refractivity contribution >= 4 is 23.9 Å². The Morgan fingerprint density at radius 3 is 0.833 bits per heavy atom. The number of benzene rings is 3. The second-order valence-electron chi connectivity index (χ2n) is 8.04. The molecule has 0 fully saturated rings. The zero-order chi connectivity index (χ0) is 26.2. The Morgan fingerprint density at radius 1 is 0.472 bits per heavy atom. The fourth-order valence-corrected chi connectivity index (χ4v) is 6.04. The average molecular weight is 547 g/mol. The summed E-state index contributed by atoms with van der Waals surface area (Å²) in [6.45, 7) is 7.19. The third-order valence-electron chi connectivity index (χ3n) is 5.11.